The van der Waals surface area contributed by atoms with Crippen LogP contribution in [0.15, 0.2) is 0 Å². The Bertz CT molecular complexity index is 338. The minimum absolute atomic E-state index is 0. The van der Waals surface area contributed by atoms with Crippen molar-refractivity contribution in [3.63, 3.8) is 0 Å². The van der Waals surface area contributed by atoms with Crippen LogP contribution in [0.2, 0.25) is 0 Å². The van der Waals surface area contributed by atoms with E-state index in [0.717, 1.165) is 12.8 Å². The van der Waals surface area contributed by atoms with Crippen LogP contribution in [0.5, 0.6) is 0 Å². The standard InChI is InChI=1S/C22H43NO3.K/c1-2-3-4-5-6-7-8-9-10-11-12-13-14-15-16-17-21(24)20-23-19-18-22(25)26;/h23H,2-20H2,1H3,(H,25,26);. The molecule has 2 N–H and O–H groups in total. The molecular formula is C22H43KNO3. The molecular weight excluding hydrogens is 365 g/mol. The predicted molar refractivity (Wildman–Crippen MR) is 115 cm³/mol. The molecule has 0 saturated heterocycles. The van der Waals surface area contributed by atoms with Gasteiger partial charge in [0.25, 0.3) is 0 Å². The quantitative estimate of drug-likeness (QED) is 0.194. The molecule has 0 aliphatic rings. The summed E-state index contributed by atoms with van der Waals surface area (Å²) >= 11 is 0. The van der Waals surface area contributed by atoms with Gasteiger partial charge in [-0.15, -0.1) is 0 Å². The molecule has 0 saturated carbocycles. The predicted octanol–water partition coefficient (Wildman–Crippen LogP) is 5.50. The summed E-state index contributed by atoms with van der Waals surface area (Å²) in [5, 5.41) is 11.4. The van der Waals surface area contributed by atoms with Crippen molar-refractivity contribution in [2.24, 2.45) is 0 Å². The SMILES string of the molecule is CCCCCCCCCCCCCCCCCC(=O)CNCCC(=O)O.[K]. The molecule has 0 spiro atoms. The van der Waals surface area contributed by atoms with E-state index in [4.69, 9.17) is 5.11 Å². The van der Waals surface area contributed by atoms with Gasteiger partial charge in [-0.2, -0.15) is 0 Å². The molecule has 0 amide bonds. The number of nitrogens with one attached hydrogen (secondary N) is 1. The van der Waals surface area contributed by atoms with Gasteiger partial charge in [-0.3, -0.25) is 9.59 Å². The summed E-state index contributed by atoms with van der Waals surface area (Å²) in [5.74, 6) is -0.627. The van der Waals surface area contributed by atoms with Gasteiger partial charge in [0.1, 0.15) is 5.78 Å². The van der Waals surface area contributed by atoms with Gasteiger partial charge < -0.3 is 10.4 Å². The van der Waals surface area contributed by atoms with E-state index in [0.29, 0.717) is 19.5 Å². The zero-order chi connectivity index (χ0) is 19.3. The first-order valence-corrected chi connectivity index (χ1v) is 11.1. The molecule has 0 aliphatic heterocycles. The summed E-state index contributed by atoms with van der Waals surface area (Å²) in [6, 6.07) is 0. The third-order valence-electron chi connectivity index (χ3n) is 4.90. The molecule has 5 heteroatoms. The second-order valence-electron chi connectivity index (χ2n) is 7.56. The van der Waals surface area contributed by atoms with E-state index in [1.807, 2.05) is 0 Å². The van der Waals surface area contributed by atoms with Gasteiger partial charge in [-0.1, -0.05) is 96.8 Å². The molecule has 0 atom stereocenters. The second kappa shape index (κ2) is 24.8. The fourth-order valence-corrected chi connectivity index (χ4v) is 3.21. The molecule has 0 rings (SSSR count). The van der Waals surface area contributed by atoms with E-state index >= 15 is 0 Å². The van der Waals surface area contributed by atoms with Crippen LogP contribution in [0.4, 0.5) is 0 Å². The zero-order valence-electron chi connectivity index (χ0n) is 18.2. The molecule has 0 bridgehead atoms. The third kappa shape index (κ3) is 26.7. The van der Waals surface area contributed by atoms with Crippen molar-refractivity contribution in [1.29, 1.82) is 0 Å². The van der Waals surface area contributed by atoms with Crippen molar-refractivity contribution in [1.82, 2.24) is 5.32 Å². The monoisotopic (exact) mass is 408 g/mol. The summed E-state index contributed by atoms with van der Waals surface area (Å²) < 4.78 is 0. The number of hydrogen-bond acceptors (Lipinski definition) is 3. The average molecular weight is 409 g/mol. The van der Waals surface area contributed by atoms with Crippen molar-refractivity contribution < 1.29 is 14.7 Å². The summed E-state index contributed by atoms with van der Waals surface area (Å²) in [5.41, 5.74) is 0. The van der Waals surface area contributed by atoms with Crippen LogP contribution in [-0.2, 0) is 9.59 Å². The number of ketones is 1. The van der Waals surface area contributed by atoms with Crippen molar-refractivity contribution in [2.75, 3.05) is 13.1 Å². The van der Waals surface area contributed by atoms with Crippen molar-refractivity contribution in [3.8, 4) is 0 Å². The molecule has 27 heavy (non-hydrogen) atoms. The minimum Gasteiger partial charge on any atom is -0.481 e. The van der Waals surface area contributed by atoms with Crippen LogP contribution in [-0.4, -0.2) is 81.3 Å². The van der Waals surface area contributed by atoms with E-state index in [-0.39, 0.29) is 63.6 Å². The Morgan fingerprint density at radius 3 is 1.48 bits per heavy atom. The van der Waals surface area contributed by atoms with Crippen molar-refractivity contribution >= 4 is 63.1 Å². The maximum Gasteiger partial charge on any atom is 0.304 e. The van der Waals surface area contributed by atoms with Crippen LogP contribution >= 0.6 is 0 Å². The number of unbranched alkanes of at least 4 members (excludes halogenated alkanes) is 14. The molecule has 155 valence electrons. The van der Waals surface area contributed by atoms with Gasteiger partial charge in [-0.25, -0.2) is 0 Å². The third-order valence-corrected chi connectivity index (χ3v) is 4.90. The molecule has 1 radical (unpaired) electrons. The maximum absolute atomic E-state index is 11.6. The van der Waals surface area contributed by atoms with Gasteiger partial charge >= 0.3 is 5.97 Å². The first kappa shape index (κ1) is 29.9. The van der Waals surface area contributed by atoms with Crippen molar-refractivity contribution in [2.45, 2.75) is 116 Å². The fraction of sp³-hybridized carbons (Fsp3) is 0.909. The van der Waals surface area contributed by atoms with Crippen LogP contribution in [0.25, 0.3) is 0 Å². The Balaban J connectivity index is 0. The van der Waals surface area contributed by atoms with E-state index in [1.165, 1.54) is 83.5 Å². The summed E-state index contributed by atoms with van der Waals surface area (Å²) in [6.07, 6.45) is 20.7. The van der Waals surface area contributed by atoms with E-state index in [2.05, 4.69) is 12.2 Å². The topological polar surface area (TPSA) is 66.4 Å². The van der Waals surface area contributed by atoms with Crippen LogP contribution in [0.3, 0.4) is 0 Å². The summed E-state index contributed by atoms with van der Waals surface area (Å²) in [7, 11) is 0. The number of carboxylic acids is 1. The molecule has 0 aromatic carbocycles. The number of hydrogen-bond donors (Lipinski definition) is 2. The Kier molecular flexibility index (Phi) is 27.5. The number of Topliss-reactive ketones (excluding diaryl/α,β-unsaturated/α-hetero) is 1. The van der Waals surface area contributed by atoms with E-state index < -0.39 is 5.97 Å². The number of aliphatic carboxylic acids is 1. The van der Waals surface area contributed by atoms with Gasteiger partial charge in [0, 0.05) is 64.4 Å². The zero-order valence-corrected chi connectivity index (χ0v) is 21.3. The molecule has 0 heterocycles. The van der Waals surface area contributed by atoms with Gasteiger partial charge in [-0.05, 0) is 6.42 Å². The Morgan fingerprint density at radius 2 is 1.07 bits per heavy atom. The van der Waals surface area contributed by atoms with Gasteiger partial charge in [0.15, 0.2) is 0 Å². The average Bonchev–Trinajstić information content (AvgIpc) is 2.62. The number of carboxylic acid groups (broad SMARTS) is 1. The number of carbonyl (C=O) groups excluding carboxylic acids is 1. The Labute approximate surface area is 210 Å². The summed E-state index contributed by atoms with van der Waals surface area (Å²) in [4.78, 5) is 22.0. The van der Waals surface area contributed by atoms with Gasteiger partial charge in [0.05, 0.1) is 13.0 Å². The summed E-state index contributed by atoms with van der Waals surface area (Å²) in [6.45, 7) is 2.95. The van der Waals surface area contributed by atoms with E-state index in [9.17, 15) is 9.59 Å². The smallest absolute Gasteiger partial charge is 0.304 e. The van der Waals surface area contributed by atoms with Crippen molar-refractivity contribution in [3.05, 3.63) is 0 Å². The molecule has 0 aliphatic carbocycles. The Morgan fingerprint density at radius 1 is 0.667 bits per heavy atom. The second-order valence-corrected chi connectivity index (χ2v) is 7.56. The van der Waals surface area contributed by atoms with Gasteiger partial charge in [0.2, 0.25) is 0 Å². The maximum atomic E-state index is 11.6. The minimum atomic E-state index is -0.827. The van der Waals surface area contributed by atoms with Crippen LogP contribution in [0, 0.1) is 0 Å². The molecule has 0 aromatic rings. The Hall–Kier alpha value is 0.736. The van der Waals surface area contributed by atoms with Crippen LogP contribution < -0.4 is 5.32 Å². The number of rotatable bonds is 21. The first-order valence-electron chi connectivity index (χ1n) is 11.1. The fourth-order valence-electron chi connectivity index (χ4n) is 3.21. The molecule has 4 nitrogen and oxygen atoms in total. The molecule has 0 unspecified atom stereocenters. The van der Waals surface area contributed by atoms with E-state index in [1.54, 1.807) is 0 Å². The first-order chi connectivity index (χ1) is 12.7. The molecule has 0 aromatic heterocycles. The number of carbonyl (C=O) groups is 2. The normalized spacial score (nSPS) is 10.6. The van der Waals surface area contributed by atoms with Crippen LogP contribution in [0.1, 0.15) is 116 Å². The largest absolute Gasteiger partial charge is 0.481 e. The molecule has 0 fully saturated rings.